The van der Waals surface area contributed by atoms with E-state index in [9.17, 15) is 18.0 Å². The van der Waals surface area contributed by atoms with Crippen LogP contribution in [0.15, 0.2) is 24.3 Å². The smallest absolute Gasteiger partial charge is 0.264 e. The summed E-state index contributed by atoms with van der Waals surface area (Å²) in [5.74, 6) is -1.27. The average Bonchev–Trinajstić information content (AvgIpc) is 3.69. The Bertz CT molecular complexity index is 1030. The summed E-state index contributed by atoms with van der Waals surface area (Å²) >= 11 is 6.93. The maximum Gasteiger partial charge on any atom is 0.264 e. The maximum absolute atomic E-state index is 14.6. The molecule has 2 aromatic rings. The molecule has 1 N–H and O–H groups in total. The molecular formula is C26H32ClF3N2O2S. The van der Waals surface area contributed by atoms with Crippen molar-refractivity contribution in [3.63, 3.8) is 0 Å². The van der Waals surface area contributed by atoms with Gasteiger partial charge in [-0.25, -0.2) is 13.2 Å². The van der Waals surface area contributed by atoms with Gasteiger partial charge in [0.05, 0.1) is 17.2 Å². The van der Waals surface area contributed by atoms with Crippen LogP contribution >= 0.6 is 23.5 Å². The van der Waals surface area contributed by atoms with E-state index in [1.54, 1.807) is 12.3 Å². The molecule has 0 aromatic heterocycles. The van der Waals surface area contributed by atoms with E-state index in [4.69, 9.17) is 16.3 Å². The normalized spacial score (nSPS) is 16.4. The second-order valence-electron chi connectivity index (χ2n) is 8.67. The minimum Gasteiger partial charge on any atom is -0.493 e. The Labute approximate surface area is 214 Å². The van der Waals surface area contributed by atoms with Gasteiger partial charge in [0.2, 0.25) is 0 Å². The van der Waals surface area contributed by atoms with Crippen molar-refractivity contribution in [2.24, 2.45) is 5.92 Å². The predicted molar refractivity (Wildman–Crippen MR) is 136 cm³/mol. The van der Waals surface area contributed by atoms with Gasteiger partial charge in [-0.1, -0.05) is 37.4 Å². The number of likely N-dealkylation sites (tertiary alicyclic amines) is 1. The molecule has 4 nitrogen and oxygen atoms in total. The van der Waals surface area contributed by atoms with Crippen molar-refractivity contribution in [2.75, 3.05) is 26.0 Å². The molecule has 1 heterocycles. The van der Waals surface area contributed by atoms with Crippen LogP contribution in [0, 0.1) is 23.4 Å². The van der Waals surface area contributed by atoms with Gasteiger partial charge in [-0.05, 0) is 68.3 Å². The van der Waals surface area contributed by atoms with E-state index in [1.165, 1.54) is 12.1 Å². The summed E-state index contributed by atoms with van der Waals surface area (Å²) < 4.78 is 50.6. The van der Waals surface area contributed by atoms with Crippen molar-refractivity contribution in [1.29, 1.82) is 0 Å². The lowest BCUT2D eigenvalue weighted by Crippen LogP contribution is -2.35. The first kappa shape index (κ1) is 27.7. The number of benzene rings is 2. The highest BCUT2D eigenvalue weighted by molar-refractivity contribution is 7.97. The number of carbonyl (C=O) groups excluding carboxylic acids is 1. The lowest BCUT2D eigenvalue weighted by molar-refractivity contribution is 0.0980. The first-order valence-corrected chi connectivity index (χ1v) is 13.6. The van der Waals surface area contributed by atoms with Crippen LogP contribution < -0.4 is 9.46 Å². The number of carbonyl (C=O) groups is 1. The van der Waals surface area contributed by atoms with E-state index in [0.717, 1.165) is 62.4 Å². The number of amides is 1. The van der Waals surface area contributed by atoms with Crippen LogP contribution in [0.2, 0.25) is 5.02 Å². The molecule has 4 rings (SSSR count). The molecule has 1 aliphatic carbocycles. The summed E-state index contributed by atoms with van der Waals surface area (Å²) in [6.07, 6.45) is 5.44. The van der Waals surface area contributed by atoms with Gasteiger partial charge in [-0.2, -0.15) is 0 Å². The average molecular weight is 529 g/mol. The summed E-state index contributed by atoms with van der Waals surface area (Å²) in [6.45, 7) is 6.33. The van der Waals surface area contributed by atoms with Crippen molar-refractivity contribution in [3.05, 3.63) is 63.4 Å². The van der Waals surface area contributed by atoms with Gasteiger partial charge in [0.25, 0.3) is 5.91 Å². The molecule has 0 unspecified atom stereocenters. The molecule has 0 spiro atoms. The lowest BCUT2D eigenvalue weighted by atomic mass is 9.97. The van der Waals surface area contributed by atoms with Crippen molar-refractivity contribution in [3.8, 4) is 5.75 Å². The predicted octanol–water partition coefficient (Wildman–Crippen LogP) is 6.96. The first-order valence-electron chi connectivity index (χ1n) is 12.0. The molecule has 1 amide bonds. The number of nitrogens with one attached hydrogen (secondary N) is 1. The van der Waals surface area contributed by atoms with E-state index in [2.05, 4.69) is 9.62 Å². The number of ether oxygens (including phenoxy) is 1. The Morgan fingerprint density at radius 1 is 1.06 bits per heavy atom. The highest BCUT2D eigenvalue weighted by Crippen LogP contribution is 2.45. The van der Waals surface area contributed by atoms with Gasteiger partial charge in [0, 0.05) is 30.5 Å². The van der Waals surface area contributed by atoms with Crippen molar-refractivity contribution < 1.29 is 22.7 Å². The van der Waals surface area contributed by atoms with Gasteiger partial charge in [-0.3, -0.25) is 14.4 Å². The monoisotopic (exact) mass is 528 g/mol. The van der Waals surface area contributed by atoms with Gasteiger partial charge in [-0.15, -0.1) is 0 Å². The molecular weight excluding hydrogens is 497 g/mol. The third-order valence-corrected chi connectivity index (χ3v) is 6.90. The van der Waals surface area contributed by atoms with Gasteiger partial charge in [0.15, 0.2) is 0 Å². The number of halogens is 4. The van der Waals surface area contributed by atoms with Crippen LogP contribution in [0.3, 0.4) is 0 Å². The van der Waals surface area contributed by atoms with E-state index in [0.29, 0.717) is 30.4 Å². The molecule has 2 aromatic carbocycles. The van der Waals surface area contributed by atoms with Gasteiger partial charge < -0.3 is 4.74 Å². The Morgan fingerprint density at radius 3 is 2.37 bits per heavy atom. The molecule has 1 aliphatic heterocycles. The van der Waals surface area contributed by atoms with Crippen LogP contribution in [0.1, 0.15) is 66.9 Å². The van der Waals surface area contributed by atoms with Gasteiger partial charge in [0.1, 0.15) is 23.2 Å². The molecule has 1 saturated heterocycles. The minimum absolute atomic E-state index is 0.0417. The van der Waals surface area contributed by atoms with Crippen LogP contribution in [-0.4, -0.2) is 36.8 Å². The standard InChI is InChI=1S/C24H26ClF3N2O2S.C2H6/c1-33-29-24(31)18-9-17(15-2-3-15)23(11-21(18)27)32-13-14-4-6-30(7-5-14)12-16-8-19(25)22(28)10-20(16)26;1-2/h8-11,14-15H,2-7,12-13H2,1H3,(H,29,31);1-2H3. The number of hydrogen-bond acceptors (Lipinski definition) is 4. The topological polar surface area (TPSA) is 41.6 Å². The molecule has 2 fully saturated rings. The third kappa shape index (κ3) is 7.30. The summed E-state index contributed by atoms with van der Waals surface area (Å²) in [6, 6.07) is 5.13. The summed E-state index contributed by atoms with van der Waals surface area (Å²) in [5.41, 5.74) is 1.31. The highest BCUT2D eigenvalue weighted by atomic mass is 35.5. The highest BCUT2D eigenvalue weighted by Gasteiger charge is 2.30. The quantitative estimate of drug-likeness (QED) is 0.297. The number of nitrogens with zero attached hydrogens (tertiary/aromatic N) is 1. The molecule has 2 aliphatic rings. The molecule has 192 valence electrons. The largest absolute Gasteiger partial charge is 0.493 e. The van der Waals surface area contributed by atoms with E-state index in [-0.39, 0.29) is 16.5 Å². The zero-order valence-corrected chi connectivity index (χ0v) is 21.9. The number of piperidine rings is 1. The SMILES string of the molecule is CC.CSNC(=O)c1cc(C2CC2)c(OCC2CCN(Cc3cc(Cl)c(F)cc3F)CC2)cc1F. The zero-order chi connectivity index (χ0) is 25.5. The molecule has 9 heteroatoms. The van der Waals surface area contributed by atoms with E-state index in [1.807, 2.05) is 13.8 Å². The van der Waals surface area contributed by atoms with Crippen molar-refractivity contribution >= 4 is 29.5 Å². The van der Waals surface area contributed by atoms with Crippen LogP contribution in [0.5, 0.6) is 5.75 Å². The van der Waals surface area contributed by atoms with Crippen LogP contribution in [0.4, 0.5) is 13.2 Å². The Morgan fingerprint density at radius 2 is 1.74 bits per heavy atom. The second-order valence-corrected chi connectivity index (χ2v) is 9.69. The third-order valence-electron chi connectivity index (χ3n) is 6.22. The van der Waals surface area contributed by atoms with E-state index < -0.39 is 23.4 Å². The van der Waals surface area contributed by atoms with Crippen molar-refractivity contribution in [2.45, 2.75) is 52.0 Å². The number of hydrogen-bond donors (Lipinski definition) is 1. The second kappa shape index (κ2) is 12.9. The summed E-state index contributed by atoms with van der Waals surface area (Å²) in [4.78, 5) is 14.2. The Kier molecular flexibility index (Phi) is 10.2. The van der Waals surface area contributed by atoms with Crippen LogP contribution in [0.25, 0.3) is 0 Å². The Hall–Kier alpha value is -1.90. The summed E-state index contributed by atoms with van der Waals surface area (Å²) in [7, 11) is 0. The fourth-order valence-corrected chi connectivity index (χ4v) is 4.66. The lowest BCUT2D eigenvalue weighted by Gasteiger charge is -2.32. The maximum atomic E-state index is 14.6. The fourth-order valence-electron chi connectivity index (χ4n) is 4.18. The minimum atomic E-state index is -0.756. The Balaban J connectivity index is 0.00000167. The van der Waals surface area contributed by atoms with E-state index >= 15 is 0 Å². The molecule has 35 heavy (non-hydrogen) atoms. The molecule has 0 atom stereocenters. The molecule has 0 radical (unpaired) electrons. The molecule has 0 bridgehead atoms. The molecule has 1 saturated carbocycles. The zero-order valence-electron chi connectivity index (χ0n) is 20.3. The first-order chi connectivity index (χ1) is 16.9. The fraction of sp³-hybridized carbons (Fsp3) is 0.500. The summed E-state index contributed by atoms with van der Waals surface area (Å²) in [5, 5.41) is -0.0784. The van der Waals surface area contributed by atoms with Crippen molar-refractivity contribution in [1.82, 2.24) is 9.62 Å². The van der Waals surface area contributed by atoms with Gasteiger partial charge >= 0.3 is 0 Å². The van der Waals surface area contributed by atoms with Crippen LogP contribution in [-0.2, 0) is 6.54 Å². The number of rotatable bonds is 8.